The second kappa shape index (κ2) is 5.87. The second-order valence-corrected chi connectivity index (χ2v) is 6.72. The zero-order chi connectivity index (χ0) is 16.7. The number of pyridine rings is 1. The maximum absolute atomic E-state index is 11.4. The second-order valence-electron chi connectivity index (χ2n) is 6.72. The summed E-state index contributed by atoms with van der Waals surface area (Å²) in [5.74, 6) is 0.548. The summed E-state index contributed by atoms with van der Waals surface area (Å²) in [5, 5.41) is 6.84. The zero-order valence-electron chi connectivity index (χ0n) is 13.6. The van der Waals surface area contributed by atoms with Crippen molar-refractivity contribution in [2.24, 2.45) is 5.92 Å². The molecule has 1 aromatic carbocycles. The highest BCUT2D eigenvalue weighted by Crippen LogP contribution is 2.26. The number of rotatable bonds is 3. The fourth-order valence-corrected chi connectivity index (χ4v) is 3.73. The van der Waals surface area contributed by atoms with Gasteiger partial charge in [-0.1, -0.05) is 6.07 Å². The Bertz CT molecular complexity index is 804. The van der Waals surface area contributed by atoms with Gasteiger partial charge in [0, 0.05) is 56.0 Å². The van der Waals surface area contributed by atoms with E-state index in [0.29, 0.717) is 18.4 Å². The van der Waals surface area contributed by atoms with E-state index in [1.165, 1.54) is 6.92 Å². The number of likely N-dealkylation sites (tertiary alicyclic amines) is 1. The first-order valence-electron chi connectivity index (χ1n) is 8.26. The minimum Gasteiger partial charge on any atom is -0.352 e. The van der Waals surface area contributed by atoms with Crippen LogP contribution >= 0.6 is 0 Å². The summed E-state index contributed by atoms with van der Waals surface area (Å²) >= 11 is 0. The van der Waals surface area contributed by atoms with Crippen LogP contribution in [0.4, 0.5) is 5.69 Å². The fraction of sp³-hybridized carbons (Fsp3) is 0.389. The summed E-state index contributed by atoms with van der Waals surface area (Å²) in [7, 11) is 0. The molecule has 6 heteroatoms. The van der Waals surface area contributed by atoms with E-state index >= 15 is 0 Å². The van der Waals surface area contributed by atoms with Gasteiger partial charge in [-0.15, -0.1) is 0 Å². The Kier molecular flexibility index (Phi) is 3.69. The molecule has 3 heterocycles. The Morgan fingerprint density at radius 3 is 3.00 bits per heavy atom. The number of aromatic nitrogens is 1. The van der Waals surface area contributed by atoms with Gasteiger partial charge in [-0.3, -0.25) is 19.5 Å². The molecule has 2 saturated heterocycles. The van der Waals surface area contributed by atoms with E-state index < -0.39 is 0 Å². The molecule has 2 amide bonds. The number of amides is 2. The predicted octanol–water partition coefficient (Wildman–Crippen LogP) is 1.51. The minimum atomic E-state index is -0.0781. The minimum absolute atomic E-state index is 0.0781. The number of hydrogen-bond acceptors (Lipinski definition) is 4. The Morgan fingerprint density at radius 1 is 1.33 bits per heavy atom. The van der Waals surface area contributed by atoms with Crippen molar-refractivity contribution >= 4 is 28.4 Å². The topological polar surface area (TPSA) is 74.3 Å². The number of hydrogen-bond donors (Lipinski definition) is 2. The van der Waals surface area contributed by atoms with Crippen LogP contribution in [0.1, 0.15) is 19.0 Å². The highest BCUT2D eigenvalue weighted by atomic mass is 16.2. The van der Waals surface area contributed by atoms with Crippen molar-refractivity contribution in [3.05, 3.63) is 36.0 Å². The van der Waals surface area contributed by atoms with Crippen LogP contribution in [0, 0.1) is 5.92 Å². The molecule has 0 aliphatic carbocycles. The summed E-state index contributed by atoms with van der Waals surface area (Å²) in [6, 6.07) is 10.1. The van der Waals surface area contributed by atoms with Gasteiger partial charge in [-0.2, -0.15) is 0 Å². The van der Waals surface area contributed by atoms with Gasteiger partial charge in [0.25, 0.3) is 0 Å². The van der Waals surface area contributed by atoms with Crippen molar-refractivity contribution < 1.29 is 9.59 Å². The lowest BCUT2D eigenvalue weighted by Crippen LogP contribution is -2.32. The smallest absolute Gasteiger partial charge is 0.221 e. The molecule has 2 aliphatic rings. The zero-order valence-corrected chi connectivity index (χ0v) is 13.6. The molecule has 2 aliphatic heterocycles. The van der Waals surface area contributed by atoms with Gasteiger partial charge in [-0.25, -0.2) is 0 Å². The first-order valence-corrected chi connectivity index (χ1v) is 8.26. The molecule has 0 unspecified atom stereocenters. The van der Waals surface area contributed by atoms with Crippen molar-refractivity contribution in [3.63, 3.8) is 0 Å². The summed E-state index contributed by atoms with van der Waals surface area (Å²) in [5.41, 5.74) is 2.74. The van der Waals surface area contributed by atoms with Crippen LogP contribution in [0.5, 0.6) is 0 Å². The molecule has 124 valence electrons. The van der Waals surface area contributed by atoms with Crippen LogP contribution in [-0.4, -0.2) is 40.8 Å². The first kappa shape index (κ1) is 15.1. The highest BCUT2D eigenvalue weighted by molar-refractivity contribution is 5.92. The Morgan fingerprint density at radius 2 is 2.21 bits per heavy atom. The molecule has 6 nitrogen and oxygen atoms in total. The maximum Gasteiger partial charge on any atom is 0.221 e. The molecule has 24 heavy (non-hydrogen) atoms. The van der Waals surface area contributed by atoms with Crippen molar-refractivity contribution in [2.45, 2.75) is 25.9 Å². The van der Waals surface area contributed by atoms with Crippen LogP contribution in [0.2, 0.25) is 0 Å². The van der Waals surface area contributed by atoms with Crippen molar-refractivity contribution in [1.82, 2.24) is 15.2 Å². The largest absolute Gasteiger partial charge is 0.352 e. The predicted molar refractivity (Wildman–Crippen MR) is 91.4 cm³/mol. The van der Waals surface area contributed by atoms with Crippen LogP contribution in [0.3, 0.4) is 0 Å². The third-order valence-corrected chi connectivity index (χ3v) is 4.76. The number of nitrogens with one attached hydrogen (secondary N) is 2. The maximum atomic E-state index is 11.4. The van der Waals surface area contributed by atoms with Gasteiger partial charge in [0.1, 0.15) is 0 Å². The van der Waals surface area contributed by atoms with Gasteiger partial charge in [0.2, 0.25) is 11.8 Å². The number of fused-ring (bicyclic) bond motifs is 2. The quantitative estimate of drug-likeness (QED) is 0.897. The summed E-state index contributed by atoms with van der Waals surface area (Å²) in [6.45, 7) is 4.15. The molecule has 0 bridgehead atoms. The van der Waals surface area contributed by atoms with E-state index in [4.69, 9.17) is 4.98 Å². The molecule has 0 saturated carbocycles. The number of carbonyl (C=O) groups is 2. The summed E-state index contributed by atoms with van der Waals surface area (Å²) in [6.07, 6.45) is 0.651. The van der Waals surface area contributed by atoms with E-state index in [1.54, 1.807) is 0 Å². The van der Waals surface area contributed by atoms with Crippen LogP contribution in [0.15, 0.2) is 30.3 Å². The summed E-state index contributed by atoms with van der Waals surface area (Å²) < 4.78 is 0. The molecule has 2 fully saturated rings. The SMILES string of the molecule is CC(=O)Nc1ccc2nc(CN3C[C@@H]4CC(=O)N[C@@H]4C3)ccc2c1. The number of nitrogens with zero attached hydrogens (tertiary/aromatic N) is 2. The Hall–Kier alpha value is -2.47. The molecule has 2 N–H and O–H groups in total. The molecule has 2 atom stereocenters. The number of anilines is 1. The van der Waals surface area contributed by atoms with E-state index in [2.05, 4.69) is 15.5 Å². The van der Waals surface area contributed by atoms with Gasteiger partial charge in [0.05, 0.1) is 11.2 Å². The van der Waals surface area contributed by atoms with E-state index in [-0.39, 0.29) is 11.8 Å². The van der Waals surface area contributed by atoms with Crippen LogP contribution in [-0.2, 0) is 16.1 Å². The average Bonchev–Trinajstić information content (AvgIpc) is 3.03. The molecule has 1 aromatic heterocycles. The summed E-state index contributed by atoms with van der Waals surface area (Å²) in [4.78, 5) is 29.6. The third-order valence-electron chi connectivity index (χ3n) is 4.76. The van der Waals surface area contributed by atoms with Crippen LogP contribution < -0.4 is 10.6 Å². The van der Waals surface area contributed by atoms with Crippen molar-refractivity contribution in [3.8, 4) is 0 Å². The molecule has 4 rings (SSSR count). The van der Waals surface area contributed by atoms with E-state index in [9.17, 15) is 9.59 Å². The Balaban J connectivity index is 1.47. The van der Waals surface area contributed by atoms with Crippen molar-refractivity contribution in [1.29, 1.82) is 0 Å². The van der Waals surface area contributed by atoms with Gasteiger partial charge in [-0.05, 0) is 24.3 Å². The lowest BCUT2D eigenvalue weighted by Gasteiger charge is -2.16. The highest BCUT2D eigenvalue weighted by Gasteiger charge is 2.39. The van der Waals surface area contributed by atoms with Crippen LogP contribution in [0.25, 0.3) is 10.9 Å². The molecule has 0 spiro atoms. The number of carbonyl (C=O) groups excluding carboxylic acids is 2. The normalized spacial score (nSPS) is 23.3. The fourth-order valence-electron chi connectivity index (χ4n) is 3.73. The van der Waals surface area contributed by atoms with E-state index in [0.717, 1.165) is 41.9 Å². The molecule has 0 radical (unpaired) electrons. The molecular weight excluding hydrogens is 304 g/mol. The lowest BCUT2D eigenvalue weighted by molar-refractivity contribution is -0.119. The monoisotopic (exact) mass is 324 g/mol. The van der Waals surface area contributed by atoms with Gasteiger partial charge in [0.15, 0.2) is 0 Å². The van der Waals surface area contributed by atoms with E-state index in [1.807, 2.05) is 30.3 Å². The lowest BCUT2D eigenvalue weighted by atomic mass is 10.1. The van der Waals surface area contributed by atoms with Gasteiger partial charge >= 0.3 is 0 Å². The Labute approximate surface area is 140 Å². The average molecular weight is 324 g/mol. The number of benzene rings is 1. The standard InChI is InChI=1S/C18H20N4O2/c1-11(23)19-14-4-5-16-12(6-14)2-3-15(20-16)9-22-8-13-7-18(24)21-17(13)10-22/h2-6,13,17H,7-10H2,1H3,(H,19,23)(H,21,24)/t13-,17+/m0/s1. The van der Waals surface area contributed by atoms with Crippen molar-refractivity contribution in [2.75, 3.05) is 18.4 Å². The molecular formula is C18H20N4O2. The molecule has 2 aromatic rings. The third kappa shape index (κ3) is 2.97. The van der Waals surface area contributed by atoms with Gasteiger partial charge < -0.3 is 10.6 Å². The first-order chi connectivity index (χ1) is 11.6.